The lowest BCUT2D eigenvalue weighted by Crippen LogP contribution is -2.44. The van der Waals surface area contributed by atoms with E-state index in [0.717, 1.165) is 31.3 Å². The normalized spacial score (nSPS) is 21.8. The minimum atomic E-state index is -1.93. The fraction of sp³-hybridized carbons (Fsp3) is 0.432. The number of likely N-dealkylation sites (tertiary alicyclic amines) is 1. The number of amides is 3. The number of para-hydroxylation sites is 2. The lowest BCUT2D eigenvalue weighted by molar-refractivity contribution is -0.139. The molecule has 0 aliphatic carbocycles. The Balaban J connectivity index is 1.47. The molecule has 3 atom stereocenters. The molecule has 3 aliphatic rings. The maximum atomic E-state index is 14.2. The molecule has 0 unspecified atom stereocenters. The summed E-state index contributed by atoms with van der Waals surface area (Å²) in [5, 5.41) is 22.0. The zero-order valence-corrected chi connectivity index (χ0v) is 27.2. The van der Waals surface area contributed by atoms with Crippen molar-refractivity contribution in [2.45, 2.75) is 71.4 Å². The zero-order valence-electron chi connectivity index (χ0n) is 27.2. The van der Waals surface area contributed by atoms with Crippen LogP contribution in [0.4, 0.5) is 17.1 Å². The van der Waals surface area contributed by atoms with E-state index in [0.29, 0.717) is 41.5 Å². The van der Waals surface area contributed by atoms with Gasteiger partial charge in [-0.2, -0.15) is 0 Å². The second-order valence-electron chi connectivity index (χ2n) is 12.7. The van der Waals surface area contributed by atoms with Crippen molar-refractivity contribution in [3.05, 3.63) is 83.5 Å². The first-order valence-corrected chi connectivity index (χ1v) is 16.2. The van der Waals surface area contributed by atoms with Crippen LogP contribution in [0.3, 0.4) is 0 Å². The van der Waals surface area contributed by atoms with E-state index in [1.54, 1.807) is 64.1 Å². The molecule has 0 bridgehead atoms. The quantitative estimate of drug-likeness (QED) is 0.317. The van der Waals surface area contributed by atoms with Crippen molar-refractivity contribution in [1.82, 2.24) is 4.90 Å². The van der Waals surface area contributed by atoms with Gasteiger partial charge in [0.1, 0.15) is 5.75 Å². The molecule has 2 N–H and O–H groups in total. The maximum Gasteiger partial charge on any atom is 0.269 e. The molecule has 0 spiro atoms. The predicted octanol–water partition coefficient (Wildman–Crippen LogP) is 5.54. The van der Waals surface area contributed by atoms with Crippen LogP contribution in [-0.4, -0.2) is 65.2 Å². The van der Waals surface area contributed by atoms with Crippen molar-refractivity contribution in [2.75, 3.05) is 36.1 Å². The van der Waals surface area contributed by atoms with Gasteiger partial charge in [0.2, 0.25) is 5.91 Å². The number of hydrogen-bond donors (Lipinski definition) is 2. The van der Waals surface area contributed by atoms with E-state index in [1.165, 1.54) is 5.57 Å². The number of carbonyl (C=O) groups is 3. The van der Waals surface area contributed by atoms with Gasteiger partial charge in [-0.3, -0.25) is 19.3 Å². The molecule has 2 aromatic rings. The van der Waals surface area contributed by atoms with E-state index >= 15 is 0 Å². The number of hydrogen-bond acceptors (Lipinski definition) is 6. The maximum absolute atomic E-state index is 14.2. The first-order chi connectivity index (χ1) is 22.1. The Hall–Kier alpha value is -4.21. The van der Waals surface area contributed by atoms with Gasteiger partial charge in [0.05, 0.1) is 24.0 Å². The number of aliphatic hydroxyl groups is 2. The van der Waals surface area contributed by atoms with Crippen LogP contribution in [0, 0.1) is 5.92 Å². The number of aliphatic hydroxyl groups excluding tert-OH is 1. The third kappa shape index (κ3) is 6.52. The summed E-state index contributed by atoms with van der Waals surface area (Å²) in [7, 11) is 0. The van der Waals surface area contributed by atoms with Crippen LogP contribution in [0.2, 0.25) is 0 Å². The number of fused-ring (bicyclic) bond motifs is 2. The van der Waals surface area contributed by atoms with Crippen molar-refractivity contribution >= 4 is 34.8 Å². The van der Waals surface area contributed by atoms with Crippen molar-refractivity contribution in [3.63, 3.8) is 0 Å². The summed E-state index contributed by atoms with van der Waals surface area (Å²) in [4.78, 5) is 45.1. The lowest BCUT2D eigenvalue weighted by atomic mass is 9.82. The zero-order chi connectivity index (χ0) is 33.0. The van der Waals surface area contributed by atoms with Crippen LogP contribution in [0.5, 0.6) is 5.75 Å². The molecule has 0 aromatic heterocycles. The SMILES string of the molecule is CC(C)=CCC/C(C)=C/CN1C(=O)[C@](O)([C@H](C)/C=C/CC(=O)N2CCC[C@H]2CO)c2cc(N3C(=O)COc4ccccc43)ccc21. The molecule has 1 saturated heterocycles. The molecule has 3 aliphatic heterocycles. The van der Waals surface area contributed by atoms with Gasteiger partial charge in [-0.25, -0.2) is 0 Å². The third-order valence-electron chi connectivity index (χ3n) is 9.22. The Morgan fingerprint density at radius 2 is 1.89 bits per heavy atom. The minimum Gasteiger partial charge on any atom is -0.482 e. The highest BCUT2D eigenvalue weighted by atomic mass is 16.5. The number of nitrogens with zero attached hydrogens (tertiary/aromatic N) is 3. The number of allylic oxidation sites excluding steroid dienone is 3. The third-order valence-corrected chi connectivity index (χ3v) is 9.22. The minimum absolute atomic E-state index is 0.0615. The van der Waals surface area contributed by atoms with Gasteiger partial charge in [0.15, 0.2) is 12.2 Å². The molecule has 9 heteroatoms. The second kappa shape index (κ2) is 14.1. The smallest absolute Gasteiger partial charge is 0.269 e. The molecular formula is C37H45N3O6. The number of rotatable bonds is 11. The van der Waals surface area contributed by atoms with E-state index in [4.69, 9.17) is 4.74 Å². The number of carbonyl (C=O) groups excluding carboxylic acids is 3. The fourth-order valence-corrected chi connectivity index (χ4v) is 6.56. The molecule has 5 rings (SSSR count). The highest BCUT2D eigenvalue weighted by molar-refractivity contribution is 6.09. The molecule has 3 heterocycles. The van der Waals surface area contributed by atoms with E-state index < -0.39 is 17.4 Å². The Morgan fingerprint density at radius 3 is 2.65 bits per heavy atom. The lowest BCUT2D eigenvalue weighted by Gasteiger charge is -2.31. The van der Waals surface area contributed by atoms with E-state index in [2.05, 4.69) is 19.9 Å². The summed E-state index contributed by atoms with van der Waals surface area (Å²) in [5.41, 5.74) is 2.58. The van der Waals surface area contributed by atoms with Crippen LogP contribution in [0.1, 0.15) is 65.4 Å². The highest BCUT2D eigenvalue weighted by Gasteiger charge is 2.52. The van der Waals surface area contributed by atoms with E-state index in [9.17, 15) is 24.6 Å². The van der Waals surface area contributed by atoms with E-state index in [-0.39, 0.29) is 37.5 Å². The summed E-state index contributed by atoms with van der Waals surface area (Å²) in [5.74, 6) is -0.911. The van der Waals surface area contributed by atoms with E-state index in [1.807, 2.05) is 25.1 Å². The van der Waals surface area contributed by atoms with Crippen LogP contribution in [-0.2, 0) is 20.0 Å². The Labute approximate surface area is 271 Å². The van der Waals surface area contributed by atoms with Crippen molar-refractivity contribution < 1.29 is 29.3 Å². The van der Waals surface area contributed by atoms with Crippen LogP contribution >= 0.6 is 0 Å². The first-order valence-electron chi connectivity index (χ1n) is 16.2. The summed E-state index contributed by atoms with van der Waals surface area (Å²) < 4.78 is 5.64. The van der Waals surface area contributed by atoms with Gasteiger partial charge in [-0.15, -0.1) is 0 Å². The molecule has 9 nitrogen and oxygen atoms in total. The molecular weight excluding hydrogens is 582 g/mol. The monoisotopic (exact) mass is 627 g/mol. The van der Waals surface area contributed by atoms with Crippen molar-refractivity contribution in [3.8, 4) is 5.75 Å². The van der Waals surface area contributed by atoms with Gasteiger partial charge in [0, 0.05) is 36.7 Å². The number of anilines is 3. The Kier molecular flexibility index (Phi) is 10.1. The van der Waals surface area contributed by atoms with Crippen LogP contribution in [0.25, 0.3) is 0 Å². The molecule has 46 heavy (non-hydrogen) atoms. The number of benzene rings is 2. The number of ether oxygens (including phenoxy) is 1. The molecule has 2 aromatic carbocycles. The molecule has 244 valence electrons. The average Bonchev–Trinajstić information content (AvgIpc) is 3.61. The van der Waals surface area contributed by atoms with Crippen molar-refractivity contribution in [2.24, 2.45) is 5.92 Å². The topological polar surface area (TPSA) is 111 Å². The van der Waals surface area contributed by atoms with Crippen molar-refractivity contribution in [1.29, 1.82) is 0 Å². The second-order valence-corrected chi connectivity index (χ2v) is 12.7. The summed E-state index contributed by atoms with van der Waals surface area (Å²) in [6.07, 6.45) is 11.2. The van der Waals surface area contributed by atoms with Crippen LogP contribution < -0.4 is 14.5 Å². The van der Waals surface area contributed by atoms with Gasteiger partial charge in [-0.05, 0) is 76.8 Å². The highest BCUT2D eigenvalue weighted by Crippen LogP contribution is 2.48. The van der Waals surface area contributed by atoms with Gasteiger partial charge in [-0.1, -0.05) is 54.5 Å². The van der Waals surface area contributed by atoms with Gasteiger partial charge >= 0.3 is 0 Å². The average molecular weight is 628 g/mol. The first kappa shape index (κ1) is 33.2. The Morgan fingerprint density at radius 1 is 1.11 bits per heavy atom. The van der Waals surface area contributed by atoms with Crippen LogP contribution in [0.15, 0.2) is 77.9 Å². The predicted molar refractivity (Wildman–Crippen MR) is 179 cm³/mol. The van der Waals surface area contributed by atoms with Gasteiger partial charge in [0.25, 0.3) is 11.8 Å². The molecule has 0 saturated carbocycles. The Bertz CT molecular complexity index is 1570. The summed E-state index contributed by atoms with van der Waals surface area (Å²) in [6, 6.07) is 12.4. The molecule has 0 radical (unpaired) electrons. The molecule has 1 fully saturated rings. The standard InChI is InChI=1S/C37H45N3O6/c1-25(2)10-7-11-26(3)19-21-39-31-18-17-28(40-32-14-5-6-15-33(32)46-24-35(40)43)22-30(31)37(45,36(39)44)27(4)12-8-16-34(42)38-20-9-13-29(38)23-41/h5-6,8,10,12,14-15,17-19,22,27,29,41,45H,7,9,11,13,16,20-21,23-24H2,1-4H3/b12-8+,26-19+/t27-,29+,37+/m1/s1. The fourth-order valence-electron chi connectivity index (χ4n) is 6.56. The summed E-state index contributed by atoms with van der Waals surface area (Å²) in [6.45, 7) is 8.67. The summed E-state index contributed by atoms with van der Waals surface area (Å²) >= 11 is 0. The largest absolute Gasteiger partial charge is 0.482 e. The molecule has 3 amide bonds. The van der Waals surface area contributed by atoms with Gasteiger partial charge < -0.3 is 24.7 Å².